The summed E-state index contributed by atoms with van der Waals surface area (Å²) in [5, 5.41) is 8.06. The number of carbonyl (C=O) groups excluding carboxylic acids is 1. The van der Waals surface area contributed by atoms with E-state index >= 15 is 0 Å². The van der Waals surface area contributed by atoms with Gasteiger partial charge >= 0.3 is 0 Å². The van der Waals surface area contributed by atoms with Crippen LogP contribution in [0.5, 0.6) is 0 Å². The summed E-state index contributed by atoms with van der Waals surface area (Å²) in [6.45, 7) is 9.20. The third-order valence-corrected chi connectivity index (χ3v) is 8.66. The SMILES string of the molecule is Cc1cc(C)c(S(=O)(=O)N(CC(=O)Nc2cc(-c3ccccc3)nn2-c2ccccc2Cl)CC(C)C)c(C)c1. The average molecular weight is 565 g/mol. The van der Waals surface area contributed by atoms with Crippen LogP contribution in [0.4, 0.5) is 5.82 Å². The van der Waals surface area contributed by atoms with Gasteiger partial charge in [0.15, 0.2) is 0 Å². The zero-order valence-corrected chi connectivity index (χ0v) is 24.3. The first kappa shape index (κ1) is 28.5. The van der Waals surface area contributed by atoms with Crippen molar-refractivity contribution < 1.29 is 13.2 Å². The Bertz CT molecular complexity index is 1570. The number of aryl methyl sites for hydroxylation is 3. The quantitative estimate of drug-likeness (QED) is 0.255. The lowest BCUT2D eigenvalue weighted by atomic mass is 10.1. The van der Waals surface area contributed by atoms with Gasteiger partial charge in [0.2, 0.25) is 15.9 Å². The lowest BCUT2D eigenvalue weighted by Gasteiger charge is -2.25. The Labute approximate surface area is 235 Å². The van der Waals surface area contributed by atoms with E-state index in [0.717, 1.165) is 11.1 Å². The zero-order chi connectivity index (χ0) is 28.3. The van der Waals surface area contributed by atoms with Crippen LogP contribution in [-0.4, -0.2) is 41.5 Å². The number of nitrogens with zero attached hydrogens (tertiary/aromatic N) is 3. The van der Waals surface area contributed by atoms with E-state index in [9.17, 15) is 13.2 Å². The van der Waals surface area contributed by atoms with E-state index in [1.54, 1.807) is 36.7 Å². The Morgan fingerprint density at radius 1 is 0.974 bits per heavy atom. The number of para-hydroxylation sites is 1. The van der Waals surface area contributed by atoms with Crippen LogP contribution in [0, 0.1) is 26.7 Å². The highest BCUT2D eigenvalue weighted by atomic mass is 35.5. The molecule has 1 amide bonds. The molecule has 204 valence electrons. The first-order valence-electron chi connectivity index (χ1n) is 12.8. The van der Waals surface area contributed by atoms with Crippen LogP contribution in [0.1, 0.15) is 30.5 Å². The van der Waals surface area contributed by atoms with Gasteiger partial charge in [-0.1, -0.05) is 85.6 Å². The molecule has 1 aromatic heterocycles. The Balaban J connectivity index is 1.69. The Kier molecular flexibility index (Phi) is 8.59. The third kappa shape index (κ3) is 6.41. The molecule has 0 saturated heterocycles. The summed E-state index contributed by atoms with van der Waals surface area (Å²) < 4.78 is 30.5. The second-order valence-corrected chi connectivity index (χ2v) is 12.4. The van der Waals surface area contributed by atoms with Crippen molar-refractivity contribution >= 4 is 33.3 Å². The molecule has 39 heavy (non-hydrogen) atoms. The molecule has 0 spiro atoms. The number of sulfonamides is 1. The normalized spacial score (nSPS) is 11.8. The molecule has 0 aliphatic carbocycles. The van der Waals surface area contributed by atoms with Crippen molar-refractivity contribution in [3.05, 3.63) is 94.5 Å². The molecule has 0 atom stereocenters. The van der Waals surface area contributed by atoms with Gasteiger partial charge in [-0.25, -0.2) is 13.1 Å². The number of carbonyl (C=O) groups is 1. The average Bonchev–Trinajstić information content (AvgIpc) is 3.26. The number of nitrogens with one attached hydrogen (secondary N) is 1. The Hall–Kier alpha value is -3.46. The minimum atomic E-state index is -3.94. The summed E-state index contributed by atoms with van der Waals surface area (Å²) in [5.74, 6) is -0.0806. The predicted molar refractivity (Wildman–Crippen MR) is 157 cm³/mol. The second-order valence-electron chi connectivity index (χ2n) is 10.1. The number of benzene rings is 3. The van der Waals surface area contributed by atoms with Gasteiger partial charge in [-0.3, -0.25) is 4.79 Å². The molecule has 0 aliphatic heterocycles. The first-order chi connectivity index (χ1) is 18.5. The topological polar surface area (TPSA) is 84.3 Å². The fourth-order valence-electron chi connectivity index (χ4n) is 4.73. The highest BCUT2D eigenvalue weighted by Crippen LogP contribution is 2.29. The van der Waals surface area contributed by atoms with Crippen LogP contribution in [0.3, 0.4) is 0 Å². The highest BCUT2D eigenvalue weighted by molar-refractivity contribution is 7.89. The van der Waals surface area contributed by atoms with E-state index in [1.165, 1.54) is 4.31 Å². The molecule has 1 N–H and O–H groups in total. The summed E-state index contributed by atoms with van der Waals surface area (Å²) >= 11 is 6.47. The summed E-state index contributed by atoms with van der Waals surface area (Å²) in [7, 11) is -3.94. The number of amides is 1. The molecule has 4 rings (SSSR count). The van der Waals surface area contributed by atoms with Crippen molar-refractivity contribution in [1.82, 2.24) is 14.1 Å². The predicted octanol–water partition coefficient (Wildman–Crippen LogP) is 6.40. The third-order valence-electron chi connectivity index (χ3n) is 6.22. The van der Waals surface area contributed by atoms with E-state index in [-0.39, 0.29) is 23.9 Å². The number of aromatic nitrogens is 2. The minimum Gasteiger partial charge on any atom is -0.309 e. The summed E-state index contributed by atoms with van der Waals surface area (Å²) in [6, 6.07) is 22.2. The van der Waals surface area contributed by atoms with Crippen molar-refractivity contribution in [2.24, 2.45) is 5.92 Å². The monoisotopic (exact) mass is 564 g/mol. The maximum absolute atomic E-state index is 13.8. The van der Waals surface area contributed by atoms with Crippen LogP contribution in [0.15, 0.2) is 77.7 Å². The Morgan fingerprint density at radius 2 is 1.59 bits per heavy atom. The van der Waals surface area contributed by atoms with E-state index in [0.29, 0.717) is 33.3 Å². The van der Waals surface area contributed by atoms with Crippen molar-refractivity contribution in [1.29, 1.82) is 0 Å². The van der Waals surface area contributed by atoms with Crippen molar-refractivity contribution in [2.75, 3.05) is 18.4 Å². The zero-order valence-electron chi connectivity index (χ0n) is 22.8. The van der Waals surface area contributed by atoms with Gasteiger partial charge in [0.05, 0.1) is 27.8 Å². The van der Waals surface area contributed by atoms with Gasteiger partial charge in [0.25, 0.3) is 0 Å². The number of halogens is 1. The maximum atomic E-state index is 13.8. The standard InChI is InChI=1S/C30H33ClN4O3S/c1-20(2)18-34(39(37,38)30-22(4)15-21(3)16-23(30)5)19-29(36)32-28-17-26(24-11-7-6-8-12-24)33-35(28)27-14-10-9-13-25(27)31/h6-17,20H,18-19H2,1-5H3,(H,32,36). The fourth-order valence-corrected chi connectivity index (χ4v) is 6.91. The lowest BCUT2D eigenvalue weighted by molar-refractivity contribution is -0.116. The van der Waals surface area contributed by atoms with Crippen molar-refractivity contribution in [3.8, 4) is 16.9 Å². The molecule has 9 heteroatoms. The minimum absolute atomic E-state index is 0.0111. The Morgan fingerprint density at radius 3 is 2.21 bits per heavy atom. The van der Waals surface area contributed by atoms with Crippen molar-refractivity contribution in [2.45, 2.75) is 39.5 Å². The molecule has 0 bridgehead atoms. The van der Waals surface area contributed by atoms with E-state index < -0.39 is 15.9 Å². The van der Waals surface area contributed by atoms with Gasteiger partial charge in [0, 0.05) is 18.2 Å². The van der Waals surface area contributed by atoms with Gasteiger partial charge in [-0.05, 0) is 49.9 Å². The van der Waals surface area contributed by atoms with E-state index in [2.05, 4.69) is 5.32 Å². The summed E-state index contributed by atoms with van der Waals surface area (Å²) in [5.41, 5.74) is 4.40. The van der Waals surface area contributed by atoms with Gasteiger partial charge in [-0.2, -0.15) is 9.40 Å². The summed E-state index contributed by atoms with van der Waals surface area (Å²) in [4.78, 5) is 13.7. The number of anilines is 1. The smallest absolute Gasteiger partial charge is 0.244 e. The molecule has 0 saturated carbocycles. The molecule has 0 aliphatic rings. The highest BCUT2D eigenvalue weighted by Gasteiger charge is 2.30. The molecular weight excluding hydrogens is 532 g/mol. The molecule has 3 aromatic carbocycles. The van der Waals surface area contributed by atoms with Gasteiger partial charge < -0.3 is 5.32 Å². The van der Waals surface area contributed by atoms with Crippen LogP contribution in [-0.2, 0) is 14.8 Å². The van der Waals surface area contributed by atoms with Gasteiger partial charge in [0.1, 0.15) is 5.82 Å². The first-order valence-corrected chi connectivity index (χ1v) is 14.6. The molecular formula is C30H33ClN4O3S. The van der Waals surface area contributed by atoms with E-state index in [1.807, 2.05) is 75.4 Å². The van der Waals surface area contributed by atoms with Gasteiger partial charge in [-0.15, -0.1) is 0 Å². The van der Waals surface area contributed by atoms with Crippen LogP contribution < -0.4 is 5.32 Å². The molecule has 7 nitrogen and oxygen atoms in total. The second kappa shape index (κ2) is 11.7. The van der Waals surface area contributed by atoms with Crippen LogP contribution >= 0.6 is 11.6 Å². The number of hydrogen-bond acceptors (Lipinski definition) is 4. The molecule has 4 aromatic rings. The lowest BCUT2D eigenvalue weighted by Crippen LogP contribution is -2.40. The fraction of sp³-hybridized carbons (Fsp3) is 0.267. The molecule has 0 radical (unpaired) electrons. The van der Waals surface area contributed by atoms with E-state index in [4.69, 9.17) is 16.7 Å². The summed E-state index contributed by atoms with van der Waals surface area (Å²) in [6.07, 6.45) is 0. The van der Waals surface area contributed by atoms with Crippen molar-refractivity contribution in [3.63, 3.8) is 0 Å². The molecule has 0 unspecified atom stereocenters. The number of rotatable bonds is 9. The maximum Gasteiger partial charge on any atom is 0.244 e. The molecule has 1 heterocycles. The number of hydrogen-bond donors (Lipinski definition) is 1. The molecule has 0 fully saturated rings. The van der Waals surface area contributed by atoms with Crippen LogP contribution in [0.2, 0.25) is 5.02 Å². The van der Waals surface area contributed by atoms with Crippen LogP contribution in [0.25, 0.3) is 16.9 Å². The largest absolute Gasteiger partial charge is 0.309 e.